The van der Waals surface area contributed by atoms with E-state index in [-0.39, 0.29) is 12.4 Å². The fourth-order valence-electron chi connectivity index (χ4n) is 2.02. The Morgan fingerprint density at radius 1 is 1.52 bits per heavy atom. The lowest BCUT2D eigenvalue weighted by Crippen LogP contribution is -2.37. The monoisotopic (exact) mass is 298 g/mol. The molecule has 1 atom stereocenters. The van der Waals surface area contributed by atoms with Gasteiger partial charge in [0.1, 0.15) is 18.8 Å². The van der Waals surface area contributed by atoms with Gasteiger partial charge in [-0.3, -0.25) is 4.90 Å². The van der Waals surface area contributed by atoms with Crippen molar-refractivity contribution < 1.29 is 18.8 Å². The summed E-state index contributed by atoms with van der Waals surface area (Å²) in [5, 5.41) is 9.79. The second-order valence-corrected chi connectivity index (χ2v) is 5.62. The summed E-state index contributed by atoms with van der Waals surface area (Å²) in [6, 6.07) is -0.548. The van der Waals surface area contributed by atoms with Gasteiger partial charge in [-0.1, -0.05) is 5.16 Å². The van der Waals surface area contributed by atoms with Crippen molar-refractivity contribution in [1.29, 1.82) is 0 Å². The predicted molar refractivity (Wildman–Crippen MR) is 71.9 cm³/mol. The minimum absolute atomic E-state index is 0.118. The third-order valence-corrected chi connectivity index (χ3v) is 2.75. The molecule has 0 spiro atoms. The molecule has 1 aromatic heterocycles. The van der Waals surface area contributed by atoms with Gasteiger partial charge < -0.3 is 14.0 Å². The Kier molecular flexibility index (Phi) is 4.01. The highest BCUT2D eigenvalue weighted by atomic mass is 16.6. The van der Waals surface area contributed by atoms with Gasteiger partial charge in [0.25, 0.3) is 0 Å². The Morgan fingerprint density at radius 3 is 2.76 bits per heavy atom. The lowest BCUT2D eigenvalue weighted by molar-refractivity contribution is 0.0207. The first kappa shape index (κ1) is 15.1. The molecule has 1 aromatic rings. The van der Waals surface area contributed by atoms with Crippen molar-refractivity contribution in [2.75, 3.05) is 13.7 Å². The maximum Gasteiger partial charge on any atom is 0.434 e. The molecule has 2 heterocycles. The topological polar surface area (TPSA) is 110 Å². The van der Waals surface area contributed by atoms with Crippen molar-refractivity contribution >= 4 is 11.8 Å². The highest BCUT2D eigenvalue weighted by Gasteiger charge is 2.39. The zero-order valence-corrected chi connectivity index (χ0v) is 12.4. The number of ether oxygens (including phenoxy) is 1. The van der Waals surface area contributed by atoms with Gasteiger partial charge in [-0.2, -0.15) is 0 Å². The molecule has 9 nitrogen and oxygen atoms in total. The summed E-state index contributed by atoms with van der Waals surface area (Å²) in [6.45, 7) is 5.54. The first-order valence-electron chi connectivity index (χ1n) is 6.44. The SMILES string of the molecule is CON=C1C[C@@H](c2n[nH]c(=O)o2)N(C(=O)OC(C)(C)C)C1. The minimum Gasteiger partial charge on any atom is -0.444 e. The van der Waals surface area contributed by atoms with Crippen LogP contribution in [-0.4, -0.2) is 46.2 Å². The van der Waals surface area contributed by atoms with Crippen molar-refractivity contribution in [2.45, 2.75) is 38.8 Å². The first-order valence-corrected chi connectivity index (χ1v) is 6.44. The average molecular weight is 298 g/mol. The molecule has 21 heavy (non-hydrogen) atoms. The normalized spacial score (nSPS) is 20.9. The van der Waals surface area contributed by atoms with Crippen LogP contribution in [0.1, 0.15) is 39.1 Å². The van der Waals surface area contributed by atoms with Crippen molar-refractivity contribution in [3.63, 3.8) is 0 Å². The number of carbonyl (C=O) groups excluding carboxylic acids is 1. The number of aromatic nitrogens is 2. The molecule has 1 fully saturated rings. The van der Waals surface area contributed by atoms with Gasteiger partial charge in [-0.15, -0.1) is 5.10 Å². The van der Waals surface area contributed by atoms with E-state index in [1.807, 2.05) is 0 Å². The first-order chi connectivity index (χ1) is 9.80. The van der Waals surface area contributed by atoms with E-state index in [1.165, 1.54) is 12.0 Å². The third-order valence-electron chi connectivity index (χ3n) is 2.75. The number of hydrogen-bond donors (Lipinski definition) is 1. The Bertz CT molecular complexity index is 597. The van der Waals surface area contributed by atoms with Gasteiger partial charge in [-0.05, 0) is 20.8 Å². The quantitative estimate of drug-likeness (QED) is 0.817. The highest BCUT2D eigenvalue weighted by molar-refractivity contribution is 5.92. The fourth-order valence-corrected chi connectivity index (χ4v) is 2.02. The molecule has 0 unspecified atom stereocenters. The number of H-pyrrole nitrogens is 1. The molecule has 1 aliphatic heterocycles. The smallest absolute Gasteiger partial charge is 0.434 e. The van der Waals surface area contributed by atoms with Crippen LogP contribution in [0, 0.1) is 0 Å². The van der Waals surface area contributed by atoms with Gasteiger partial charge in [0.2, 0.25) is 5.89 Å². The summed E-state index contributed by atoms with van der Waals surface area (Å²) < 4.78 is 10.3. The number of likely N-dealkylation sites (tertiary alicyclic amines) is 1. The summed E-state index contributed by atoms with van der Waals surface area (Å²) >= 11 is 0. The van der Waals surface area contributed by atoms with Crippen LogP contribution in [0.15, 0.2) is 14.4 Å². The molecular weight excluding hydrogens is 280 g/mol. The van der Waals surface area contributed by atoms with Crippen LogP contribution in [0.2, 0.25) is 0 Å². The summed E-state index contributed by atoms with van der Waals surface area (Å²) in [5.74, 6) is -0.557. The molecule has 0 radical (unpaired) electrons. The van der Waals surface area contributed by atoms with E-state index in [0.717, 1.165) is 0 Å². The molecule has 0 aliphatic carbocycles. The van der Waals surface area contributed by atoms with Crippen LogP contribution >= 0.6 is 0 Å². The Labute approximate surface area is 120 Å². The number of amides is 1. The molecule has 1 N–H and O–H groups in total. The summed E-state index contributed by atoms with van der Waals surface area (Å²) in [7, 11) is 1.42. The molecule has 0 aromatic carbocycles. The number of nitrogens with zero attached hydrogens (tertiary/aromatic N) is 3. The van der Waals surface area contributed by atoms with Crippen molar-refractivity contribution in [2.24, 2.45) is 5.16 Å². The summed E-state index contributed by atoms with van der Waals surface area (Å²) in [6.07, 6.45) is -0.166. The molecule has 2 rings (SSSR count). The predicted octanol–water partition coefficient (Wildman–Crippen LogP) is 1.05. The second kappa shape index (κ2) is 5.58. The van der Waals surface area contributed by atoms with E-state index in [4.69, 9.17) is 14.0 Å². The molecule has 1 saturated heterocycles. The second-order valence-electron chi connectivity index (χ2n) is 5.62. The standard InChI is InChI=1S/C12H18N4O5/c1-12(2,3)21-11(18)16-6-7(15-19-4)5-8(16)9-13-14-10(17)20-9/h8H,5-6H2,1-4H3,(H,14,17)/t8-/m0/s1. The lowest BCUT2D eigenvalue weighted by Gasteiger charge is -2.26. The van der Waals surface area contributed by atoms with Crippen LogP contribution in [0.3, 0.4) is 0 Å². The Balaban J connectivity index is 2.25. The van der Waals surface area contributed by atoms with Gasteiger partial charge in [-0.25, -0.2) is 14.7 Å². The largest absolute Gasteiger partial charge is 0.444 e. The van der Waals surface area contributed by atoms with E-state index in [0.29, 0.717) is 12.1 Å². The molecule has 0 bridgehead atoms. The number of nitrogens with one attached hydrogen (secondary N) is 1. The van der Waals surface area contributed by atoms with Crippen LogP contribution < -0.4 is 5.76 Å². The zero-order valence-electron chi connectivity index (χ0n) is 12.4. The maximum atomic E-state index is 12.3. The lowest BCUT2D eigenvalue weighted by atomic mass is 10.2. The fraction of sp³-hybridized carbons (Fsp3) is 0.667. The van der Waals surface area contributed by atoms with Crippen molar-refractivity contribution in [3.05, 3.63) is 16.4 Å². The number of rotatable bonds is 2. The van der Waals surface area contributed by atoms with Gasteiger partial charge in [0.05, 0.1) is 12.3 Å². The van der Waals surface area contributed by atoms with Crippen LogP contribution in [0.5, 0.6) is 0 Å². The van der Waals surface area contributed by atoms with E-state index < -0.39 is 23.5 Å². The minimum atomic E-state index is -0.675. The zero-order chi connectivity index (χ0) is 15.6. The van der Waals surface area contributed by atoms with Gasteiger partial charge >= 0.3 is 11.8 Å². The average Bonchev–Trinajstić information content (AvgIpc) is 2.93. The maximum absolute atomic E-state index is 12.3. The van der Waals surface area contributed by atoms with Crippen molar-refractivity contribution in [1.82, 2.24) is 15.1 Å². The molecule has 9 heteroatoms. The third kappa shape index (κ3) is 3.61. The van der Waals surface area contributed by atoms with E-state index in [9.17, 15) is 9.59 Å². The van der Waals surface area contributed by atoms with Crippen LogP contribution in [-0.2, 0) is 9.57 Å². The Hall–Kier alpha value is -2.32. The van der Waals surface area contributed by atoms with Crippen LogP contribution in [0.4, 0.5) is 4.79 Å². The summed E-state index contributed by atoms with van der Waals surface area (Å²) in [4.78, 5) is 29.5. The number of aromatic amines is 1. The van der Waals surface area contributed by atoms with Gasteiger partial charge in [0, 0.05) is 6.42 Å². The van der Waals surface area contributed by atoms with E-state index in [2.05, 4.69) is 15.4 Å². The number of carbonyl (C=O) groups is 1. The highest BCUT2D eigenvalue weighted by Crippen LogP contribution is 2.30. The van der Waals surface area contributed by atoms with Gasteiger partial charge in [0.15, 0.2) is 0 Å². The molecular formula is C12H18N4O5. The molecule has 0 saturated carbocycles. The number of hydrogen-bond acceptors (Lipinski definition) is 7. The summed E-state index contributed by atoms with van der Waals surface area (Å²) in [5.41, 5.74) is 0.00821. The van der Waals surface area contributed by atoms with Crippen LogP contribution in [0.25, 0.3) is 0 Å². The molecule has 116 valence electrons. The van der Waals surface area contributed by atoms with E-state index >= 15 is 0 Å². The van der Waals surface area contributed by atoms with Crippen molar-refractivity contribution in [3.8, 4) is 0 Å². The van der Waals surface area contributed by atoms with E-state index in [1.54, 1.807) is 20.8 Å². The Morgan fingerprint density at radius 2 is 2.24 bits per heavy atom. The number of oxime groups is 1. The molecule has 1 amide bonds. The molecule has 1 aliphatic rings.